The Bertz CT molecular complexity index is 1640. The predicted octanol–water partition coefficient (Wildman–Crippen LogP) is 18.7. The molecule has 0 bridgehead atoms. The Kier molecular flexibility index (Phi) is 59.6. The van der Waals surface area contributed by atoms with Gasteiger partial charge < -0.3 is 33.8 Å². The lowest BCUT2D eigenvalue weighted by atomic mass is 10.0. The van der Waals surface area contributed by atoms with Gasteiger partial charge >= 0.3 is 39.5 Å². The number of hydrogen-bond acceptors (Lipinski definition) is 15. The summed E-state index contributed by atoms with van der Waals surface area (Å²) in [4.78, 5) is 72.2. The molecule has 0 heterocycles. The van der Waals surface area contributed by atoms with Crippen molar-refractivity contribution in [2.24, 2.45) is 0 Å². The van der Waals surface area contributed by atoms with Crippen LogP contribution in [0.15, 0.2) is 0 Å². The first kappa shape index (κ1) is 83.1. The van der Waals surface area contributed by atoms with Gasteiger partial charge in [-0.15, -0.1) is 0 Å². The van der Waals surface area contributed by atoms with Gasteiger partial charge in [0.05, 0.1) is 26.4 Å². The molecular formula is C66H128O17P2. The molecular weight excluding hydrogens is 1130 g/mol. The zero-order valence-electron chi connectivity index (χ0n) is 54.6. The number of hydrogen-bond donors (Lipinski definition) is 3. The van der Waals surface area contributed by atoms with Crippen LogP contribution in [0.25, 0.3) is 0 Å². The molecule has 0 aromatic heterocycles. The van der Waals surface area contributed by atoms with E-state index in [0.717, 1.165) is 103 Å². The van der Waals surface area contributed by atoms with E-state index in [1.807, 2.05) is 0 Å². The summed E-state index contributed by atoms with van der Waals surface area (Å²) < 4.78 is 68.0. The Labute approximate surface area is 517 Å². The minimum absolute atomic E-state index is 0.106. The van der Waals surface area contributed by atoms with E-state index in [1.165, 1.54) is 161 Å². The SMILES string of the molecule is CCCCCCCCCCCCCCCCCC(=O)O[C@H](COC(=O)CCCCCCCCCCCCCCCC)COP(=O)(O)OC[C@@H](O)COP(=O)(O)OC[C@@H](COC(=O)CCCCCCCCC)OC(=O)CCCCCCCCCCC. The van der Waals surface area contributed by atoms with E-state index in [4.69, 9.17) is 37.0 Å². The smallest absolute Gasteiger partial charge is 0.462 e. The van der Waals surface area contributed by atoms with Gasteiger partial charge in [0.2, 0.25) is 0 Å². The molecule has 0 fully saturated rings. The quantitative estimate of drug-likeness (QED) is 0.0222. The van der Waals surface area contributed by atoms with Crippen LogP contribution in [0.4, 0.5) is 0 Å². The van der Waals surface area contributed by atoms with E-state index >= 15 is 0 Å². The number of phosphoric acid groups is 2. The first-order valence-corrected chi connectivity index (χ1v) is 37.8. The minimum atomic E-state index is -4.95. The minimum Gasteiger partial charge on any atom is -0.462 e. The molecule has 2 unspecified atom stereocenters. The van der Waals surface area contributed by atoms with Gasteiger partial charge in [-0.25, -0.2) is 9.13 Å². The number of unbranched alkanes of at least 4 members (excludes halogenated alkanes) is 41. The van der Waals surface area contributed by atoms with Gasteiger partial charge in [0.1, 0.15) is 19.3 Å². The van der Waals surface area contributed by atoms with E-state index in [9.17, 15) is 43.2 Å². The summed E-state index contributed by atoms with van der Waals surface area (Å²) in [6.07, 6.45) is 47.2. The first-order valence-electron chi connectivity index (χ1n) is 34.8. The van der Waals surface area contributed by atoms with Crippen molar-refractivity contribution in [1.29, 1.82) is 0 Å². The van der Waals surface area contributed by atoms with Crippen molar-refractivity contribution >= 4 is 39.5 Å². The zero-order valence-corrected chi connectivity index (χ0v) is 56.4. The Morgan fingerprint density at radius 2 is 0.471 bits per heavy atom. The van der Waals surface area contributed by atoms with Crippen LogP contribution in [0.1, 0.15) is 342 Å². The average molecular weight is 1260 g/mol. The molecule has 0 radical (unpaired) electrons. The molecule has 19 heteroatoms. The molecule has 504 valence electrons. The van der Waals surface area contributed by atoms with Crippen LogP contribution in [-0.2, 0) is 65.4 Å². The molecule has 0 aliphatic carbocycles. The summed E-state index contributed by atoms with van der Waals surface area (Å²) in [6.45, 7) is 4.86. The maximum atomic E-state index is 13.0. The highest BCUT2D eigenvalue weighted by Gasteiger charge is 2.30. The molecule has 0 aromatic rings. The molecule has 85 heavy (non-hydrogen) atoms. The maximum absolute atomic E-state index is 13.0. The fourth-order valence-electron chi connectivity index (χ4n) is 9.99. The van der Waals surface area contributed by atoms with Crippen LogP contribution < -0.4 is 0 Å². The lowest BCUT2D eigenvalue weighted by Gasteiger charge is -2.21. The molecule has 0 amide bonds. The summed E-state index contributed by atoms with van der Waals surface area (Å²) >= 11 is 0. The van der Waals surface area contributed by atoms with Crippen molar-refractivity contribution in [3.63, 3.8) is 0 Å². The Hall–Kier alpha value is -1.94. The number of aliphatic hydroxyl groups excluding tert-OH is 1. The second-order valence-corrected chi connectivity index (χ2v) is 26.8. The molecule has 0 aromatic carbocycles. The van der Waals surface area contributed by atoms with E-state index in [1.54, 1.807) is 0 Å². The third-order valence-electron chi connectivity index (χ3n) is 15.4. The molecule has 0 saturated carbocycles. The van der Waals surface area contributed by atoms with E-state index < -0.39 is 97.5 Å². The van der Waals surface area contributed by atoms with Gasteiger partial charge in [0, 0.05) is 25.7 Å². The van der Waals surface area contributed by atoms with Crippen LogP contribution in [0, 0.1) is 0 Å². The lowest BCUT2D eigenvalue weighted by molar-refractivity contribution is -0.161. The van der Waals surface area contributed by atoms with Crippen molar-refractivity contribution in [2.45, 2.75) is 361 Å². The number of esters is 4. The van der Waals surface area contributed by atoms with Crippen molar-refractivity contribution < 1.29 is 80.2 Å². The number of aliphatic hydroxyl groups is 1. The summed E-state index contributed by atoms with van der Waals surface area (Å²) in [5, 5.41) is 10.5. The van der Waals surface area contributed by atoms with Gasteiger partial charge in [-0.2, -0.15) is 0 Å². The number of carbonyl (C=O) groups is 4. The normalized spacial score (nSPS) is 14.1. The van der Waals surface area contributed by atoms with Gasteiger partial charge in [0.25, 0.3) is 0 Å². The number of rotatable bonds is 67. The lowest BCUT2D eigenvalue weighted by Crippen LogP contribution is -2.30. The van der Waals surface area contributed by atoms with E-state index in [2.05, 4.69) is 27.7 Å². The molecule has 3 N–H and O–H groups in total. The topological polar surface area (TPSA) is 237 Å². The highest BCUT2D eigenvalue weighted by molar-refractivity contribution is 7.47. The van der Waals surface area contributed by atoms with Crippen molar-refractivity contribution in [3.8, 4) is 0 Å². The van der Waals surface area contributed by atoms with Crippen molar-refractivity contribution in [3.05, 3.63) is 0 Å². The molecule has 0 saturated heterocycles. The summed E-state index contributed by atoms with van der Waals surface area (Å²) in [6, 6.07) is 0. The Morgan fingerprint density at radius 3 is 0.694 bits per heavy atom. The van der Waals surface area contributed by atoms with Crippen LogP contribution >= 0.6 is 15.6 Å². The van der Waals surface area contributed by atoms with Gasteiger partial charge in [0.15, 0.2) is 12.2 Å². The van der Waals surface area contributed by atoms with E-state index in [0.29, 0.717) is 25.7 Å². The fourth-order valence-corrected chi connectivity index (χ4v) is 11.6. The van der Waals surface area contributed by atoms with Gasteiger partial charge in [-0.1, -0.05) is 291 Å². The Morgan fingerprint density at radius 1 is 0.282 bits per heavy atom. The number of ether oxygens (including phenoxy) is 4. The van der Waals surface area contributed by atoms with Crippen molar-refractivity contribution in [1.82, 2.24) is 0 Å². The molecule has 0 aliphatic heterocycles. The highest BCUT2D eigenvalue weighted by atomic mass is 31.2. The third-order valence-corrected chi connectivity index (χ3v) is 17.3. The van der Waals surface area contributed by atoms with Crippen LogP contribution in [0.3, 0.4) is 0 Å². The molecule has 5 atom stereocenters. The monoisotopic (exact) mass is 1250 g/mol. The maximum Gasteiger partial charge on any atom is 0.472 e. The predicted molar refractivity (Wildman–Crippen MR) is 340 cm³/mol. The zero-order chi connectivity index (χ0) is 62.6. The molecule has 0 spiro atoms. The van der Waals surface area contributed by atoms with Crippen LogP contribution in [-0.4, -0.2) is 96.7 Å². The molecule has 17 nitrogen and oxygen atoms in total. The third kappa shape index (κ3) is 60.7. The number of phosphoric ester groups is 2. The van der Waals surface area contributed by atoms with Crippen LogP contribution in [0.5, 0.6) is 0 Å². The molecule has 0 rings (SSSR count). The number of carbonyl (C=O) groups excluding carboxylic acids is 4. The highest BCUT2D eigenvalue weighted by Crippen LogP contribution is 2.45. The second-order valence-electron chi connectivity index (χ2n) is 23.9. The van der Waals surface area contributed by atoms with Crippen molar-refractivity contribution in [2.75, 3.05) is 39.6 Å². The summed E-state index contributed by atoms with van der Waals surface area (Å²) in [7, 11) is -9.88. The largest absolute Gasteiger partial charge is 0.472 e. The Balaban J connectivity index is 5.19. The van der Waals surface area contributed by atoms with E-state index in [-0.39, 0.29) is 25.7 Å². The summed E-state index contributed by atoms with van der Waals surface area (Å²) in [5.41, 5.74) is 0. The molecule has 0 aliphatic rings. The standard InChI is InChI=1S/C66H128O17P2/c1-5-9-13-17-21-24-26-28-30-32-34-37-41-45-49-53-66(71)83-62(57-77-64(69)51-47-43-39-36-33-31-29-27-25-22-18-14-10-6-2)59-81-85(74,75)79-55-60(67)54-78-84(72,73)80-58-61(56-76-63(68)50-46-42-38-20-16-12-8-4)82-65(70)52-48-44-40-35-23-19-15-11-7-3/h60-62,67H,5-59H2,1-4H3,(H,72,73)(H,74,75)/t60-,61+,62+/m0/s1. The second kappa shape index (κ2) is 60.9. The average Bonchev–Trinajstić information content (AvgIpc) is 3.53. The van der Waals surface area contributed by atoms with Gasteiger partial charge in [-0.3, -0.25) is 37.3 Å². The van der Waals surface area contributed by atoms with Crippen LogP contribution in [0.2, 0.25) is 0 Å². The fraction of sp³-hybridized carbons (Fsp3) is 0.939. The van der Waals surface area contributed by atoms with Gasteiger partial charge in [-0.05, 0) is 25.7 Å². The first-order chi connectivity index (χ1) is 41.2. The summed E-state index contributed by atoms with van der Waals surface area (Å²) in [5.74, 6) is -2.13.